The molecule has 0 bridgehead atoms. The molecule has 1 aliphatic heterocycles. The number of fused-ring (bicyclic) bond motifs is 1. The molecule has 2 N–H and O–H groups in total. The summed E-state index contributed by atoms with van der Waals surface area (Å²) >= 11 is 0. The van der Waals surface area contributed by atoms with Gasteiger partial charge >= 0.3 is 0 Å². The number of nitrogens with zero attached hydrogens (tertiary/aromatic N) is 1. The van der Waals surface area contributed by atoms with E-state index in [0.29, 0.717) is 18.3 Å². The molecular formula is C18H25N3O2. The Labute approximate surface area is 137 Å². The first-order chi connectivity index (χ1) is 11.2. The first-order valence-corrected chi connectivity index (χ1v) is 8.66. The van der Waals surface area contributed by atoms with Crippen molar-refractivity contribution in [2.45, 2.75) is 51.0 Å². The molecule has 0 saturated heterocycles. The van der Waals surface area contributed by atoms with Gasteiger partial charge in [0.15, 0.2) is 0 Å². The second-order valence-electron chi connectivity index (χ2n) is 6.47. The van der Waals surface area contributed by atoms with Gasteiger partial charge in [-0.15, -0.1) is 0 Å². The highest BCUT2D eigenvalue weighted by atomic mass is 16.2. The monoisotopic (exact) mass is 315 g/mol. The van der Waals surface area contributed by atoms with Crippen LogP contribution < -0.4 is 15.5 Å². The Morgan fingerprint density at radius 3 is 2.61 bits per heavy atom. The maximum Gasteiger partial charge on any atom is 0.244 e. The van der Waals surface area contributed by atoms with Gasteiger partial charge in [-0.2, -0.15) is 0 Å². The van der Waals surface area contributed by atoms with Crippen LogP contribution in [0.25, 0.3) is 0 Å². The van der Waals surface area contributed by atoms with Crippen molar-refractivity contribution in [3.8, 4) is 0 Å². The molecule has 5 heteroatoms. The minimum atomic E-state index is -0.136. The second kappa shape index (κ2) is 7.59. The number of hydrogen-bond acceptors (Lipinski definition) is 3. The molecule has 0 unspecified atom stereocenters. The number of rotatable bonds is 3. The molecule has 1 fully saturated rings. The van der Waals surface area contributed by atoms with Crippen molar-refractivity contribution in [3.63, 3.8) is 0 Å². The molecule has 2 aliphatic rings. The number of anilines is 2. The van der Waals surface area contributed by atoms with E-state index in [1.165, 1.54) is 32.1 Å². The fraction of sp³-hybridized carbons (Fsp3) is 0.556. The van der Waals surface area contributed by atoms with Crippen molar-refractivity contribution in [1.29, 1.82) is 0 Å². The van der Waals surface area contributed by atoms with E-state index in [0.717, 1.165) is 18.5 Å². The Morgan fingerprint density at radius 1 is 1.13 bits per heavy atom. The van der Waals surface area contributed by atoms with Crippen LogP contribution in [0, 0.1) is 0 Å². The highest BCUT2D eigenvalue weighted by Gasteiger charge is 2.26. The Balaban J connectivity index is 1.60. The van der Waals surface area contributed by atoms with Crippen LogP contribution >= 0.6 is 0 Å². The number of para-hydroxylation sites is 2. The van der Waals surface area contributed by atoms with Gasteiger partial charge in [0.1, 0.15) is 6.54 Å². The molecule has 1 saturated carbocycles. The number of carbonyl (C=O) groups is 2. The Bertz CT molecular complexity index is 565. The summed E-state index contributed by atoms with van der Waals surface area (Å²) in [5, 5.41) is 6.22. The molecule has 5 nitrogen and oxygen atoms in total. The summed E-state index contributed by atoms with van der Waals surface area (Å²) in [6, 6.07) is 7.88. The standard InChI is InChI=1S/C18H25N3O2/c22-17-13-21(16-11-7-6-10-15(16)20-17)18(23)12-19-14-8-4-2-1-3-5-9-14/h6-7,10-11,14,19H,1-5,8-9,12-13H2,(H,20,22). The number of amides is 2. The van der Waals surface area contributed by atoms with Crippen LogP contribution in [0.5, 0.6) is 0 Å². The van der Waals surface area contributed by atoms with E-state index in [4.69, 9.17) is 0 Å². The molecule has 1 aromatic rings. The molecule has 124 valence electrons. The smallest absolute Gasteiger partial charge is 0.244 e. The molecule has 23 heavy (non-hydrogen) atoms. The lowest BCUT2D eigenvalue weighted by Crippen LogP contribution is -2.47. The predicted molar refractivity (Wildman–Crippen MR) is 91.5 cm³/mol. The van der Waals surface area contributed by atoms with Crippen LogP contribution in [0.4, 0.5) is 11.4 Å². The van der Waals surface area contributed by atoms with Gasteiger partial charge in [-0.3, -0.25) is 14.5 Å². The third-order valence-corrected chi connectivity index (χ3v) is 4.72. The minimum absolute atomic E-state index is 0.0330. The lowest BCUT2D eigenvalue weighted by molar-refractivity contribution is -0.121. The van der Waals surface area contributed by atoms with E-state index in [9.17, 15) is 9.59 Å². The van der Waals surface area contributed by atoms with Gasteiger partial charge in [0.2, 0.25) is 11.8 Å². The number of carbonyl (C=O) groups excluding carboxylic acids is 2. The molecule has 0 radical (unpaired) electrons. The maximum absolute atomic E-state index is 12.6. The van der Waals surface area contributed by atoms with Gasteiger partial charge in [-0.25, -0.2) is 0 Å². The zero-order valence-corrected chi connectivity index (χ0v) is 13.5. The van der Waals surface area contributed by atoms with Crippen LogP contribution in [-0.2, 0) is 9.59 Å². The number of benzene rings is 1. The highest BCUT2D eigenvalue weighted by Crippen LogP contribution is 2.28. The van der Waals surface area contributed by atoms with E-state index in [-0.39, 0.29) is 18.4 Å². The van der Waals surface area contributed by atoms with E-state index in [1.54, 1.807) is 4.90 Å². The average Bonchev–Trinajstić information content (AvgIpc) is 2.52. The van der Waals surface area contributed by atoms with E-state index >= 15 is 0 Å². The molecule has 1 heterocycles. The average molecular weight is 315 g/mol. The quantitative estimate of drug-likeness (QED) is 0.901. The lowest BCUT2D eigenvalue weighted by atomic mass is 9.97. The van der Waals surface area contributed by atoms with E-state index in [1.807, 2.05) is 24.3 Å². The fourth-order valence-corrected chi connectivity index (χ4v) is 3.44. The summed E-state index contributed by atoms with van der Waals surface area (Å²) in [6.45, 7) is 0.397. The van der Waals surface area contributed by atoms with Crippen LogP contribution in [0.2, 0.25) is 0 Å². The largest absolute Gasteiger partial charge is 0.323 e. The van der Waals surface area contributed by atoms with Gasteiger partial charge in [0.05, 0.1) is 17.9 Å². The molecule has 1 aromatic carbocycles. The fourth-order valence-electron chi connectivity index (χ4n) is 3.44. The molecule has 0 atom stereocenters. The molecule has 3 rings (SSSR count). The normalized spacial score (nSPS) is 19.5. The van der Waals surface area contributed by atoms with E-state index in [2.05, 4.69) is 10.6 Å². The van der Waals surface area contributed by atoms with Crippen molar-refractivity contribution in [1.82, 2.24) is 5.32 Å². The summed E-state index contributed by atoms with van der Waals surface area (Å²) in [6.07, 6.45) is 8.69. The molecule has 0 spiro atoms. The molecular weight excluding hydrogens is 290 g/mol. The molecule has 0 aromatic heterocycles. The number of nitrogens with one attached hydrogen (secondary N) is 2. The van der Waals surface area contributed by atoms with Crippen molar-refractivity contribution in [2.24, 2.45) is 0 Å². The second-order valence-corrected chi connectivity index (χ2v) is 6.47. The van der Waals surface area contributed by atoms with Crippen LogP contribution in [0.15, 0.2) is 24.3 Å². The zero-order chi connectivity index (χ0) is 16.1. The first kappa shape index (κ1) is 16.0. The van der Waals surface area contributed by atoms with Gasteiger partial charge < -0.3 is 10.6 Å². The minimum Gasteiger partial charge on any atom is -0.323 e. The Morgan fingerprint density at radius 2 is 1.83 bits per heavy atom. The lowest BCUT2D eigenvalue weighted by Gasteiger charge is -2.30. The summed E-state index contributed by atoms with van der Waals surface area (Å²) in [7, 11) is 0. The summed E-state index contributed by atoms with van der Waals surface area (Å²) in [4.78, 5) is 26.0. The van der Waals surface area contributed by atoms with Crippen molar-refractivity contribution < 1.29 is 9.59 Å². The van der Waals surface area contributed by atoms with Crippen LogP contribution in [-0.4, -0.2) is 30.9 Å². The van der Waals surface area contributed by atoms with E-state index < -0.39 is 0 Å². The van der Waals surface area contributed by atoms with Gasteiger partial charge in [-0.1, -0.05) is 44.2 Å². The van der Waals surface area contributed by atoms with Gasteiger partial charge in [0.25, 0.3) is 0 Å². The SMILES string of the molecule is O=C1CN(C(=O)CNC2CCCCCCC2)c2ccccc2N1. The van der Waals surface area contributed by atoms with Crippen LogP contribution in [0.1, 0.15) is 44.9 Å². The third-order valence-electron chi connectivity index (χ3n) is 4.72. The van der Waals surface area contributed by atoms with Crippen molar-refractivity contribution in [3.05, 3.63) is 24.3 Å². The summed E-state index contributed by atoms with van der Waals surface area (Å²) < 4.78 is 0. The maximum atomic E-state index is 12.6. The van der Waals surface area contributed by atoms with Crippen LogP contribution in [0.3, 0.4) is 0 Å². The molecule has 1 aliphatic carbocycles. The topological polar surface area (TPSA) is 61.4 Å². The van der Waals surface area contributed by atoms with Gasteiger partial charge in [-0.05, 0) is 25.0 Å². The highest BCUT2D eigenvalue weighted by molar-refractivity contribution is 6.10. The first-order valence-electron chi connectivity index (χ1n) is 8.66. The molecule has 2 amide bonds. The zero-order valence-electron chi connectivity index (χ0n) is 13.5. The van der Waals surface area contributed by atoms with Crippen molar-refractivity contribution >= 4 is 23.2 Å². The Hall–Kier alpha value is -1.88. The van der Waals surface area contributed by atoms with Gasteiger partial charge in [0, 0.05) is 6.04 Å². The summed E-state index contributed by atoms with van der Waals surface area (Å²) in [5.74, 6) is -0.169. The number of hydrogen-bond donors (Lipinski definition) is 2. The predicted octanol–water partition coefficient (Wildman–Crippen LogP) is 2.67. The van der Waals surface area contributed by atoms with Crippen molar-refractivity contribution in [2.75, 3.05) is 23.3 Å². The third kappa shape index (κ3) is 4.10. The summed E-state index contributed by atoms with van der Waals surface area (Å²) in [5.41, 5.74) is 1.50. The Kier molecular flexibility index (Phi) is 5.28.